The number of hydrogen-bond donors (Lipinski definition) is 0. The van der Waals surface area contributed by atoms with Gasteiger partial charge in [-0.2, -0.15) is 0 Å². The third kappa shape index (κ3) is 1.19. The second kappa shape index (κ2) is 2.66. The Kier molecular flexibility index (Phi) is 1.52. The van der Waals surface area contributed by atoms with Crippen molar-refractivity contribution in [2.45, 2.75) is 6.61 Å². The maximum atomic E-state index is 5.22. The van der Waals surface area contributed by atoms with Crippen LogP contribution in [-0.2, 0) is 11.3 Å². The Morgan fingerprint density at radius 2 is 2.36 bits per heavy atom. The summed E-state index contributed by atoms with van der Waals surface area (Å²) in [6.07, 6.45) is 3.08. The van der Waals surface area contributed by atoms with E-state index in [1.807, 2.05) is 18.2 Å². The normalized spacial score (nSPS) is 14.2. The molecule has 0 aromatic heterocycles. The first-order chi connectivity index (χ1) is 5.47. The topological polar surface area (TPSA) is 18.5 Å². The minimum absolute atomic E-state index is 0.559. The van der Waals surface area contributed by atoms with Crippen LogP contribution in [-0.4, -0.2) is 0 Å². The molecule has 0 aliphatic carbocycles. The molecule has 0 fully saturated rings. The van der Waals surface area contributed by atoms with Crippen LogP contribution in [0.4, 0.5) is 0 Å². The lowest BCUT2D eigenvalue weighted by molar-refractivity contribution is 0.237. The molecule has 0 N–H and O–H groups in total. The highest BCUT2D eigenvalue weighted by Gasteiger charge is 2.03. The monoisotopic (exact) mass is 147 g/mol. The van der Waals surface area contributed by atoms with Crippen molar-refractivity contribution in [2.75, 3.05) is 0 Å². The van der Waals surface area contributed by atoms with E-state index in [0.29, 0.717) is 6.61 Å². The summed E-state index contributed by atoms with van der Waals surface area (Å²) in [7, 11) is 0. The van der Waals surface area contributed by atoms with E-state index < -0.39 is 0 Å². The highest BCUT2D eigenvalue weighted by Crippen LogP contribution is 2.20. The van der Waals surface area contributed by atoms with E-state index in [2.05, 4.69) is 6.07 Å². The van der Waals surface area contributed by atoms with Gasteiger partial charge in [0.2, 0.25) is 0 Å². The standard InChI is InChI=1S/C9H7O2/c1-2-4-9-8(3-1)7-10-5-6-11-9/h2-6H,7H2. The van der Waals surface area contributed by atoms with Gasteiger partial charge in [0.1, 0.15) is 24.9 Å². The summed E-state index contributed by atoms with van der Waals surface area (Å²) in [5, 5.41) is 0. The molecule has 11 heavy (non-hydrogen) atoms. The van der Waals surface area contributed by atoms with Crippen molar-refractivity contribution in [1.82, 2.24) is 0 Å². The zero-order valence-corrected chi connectivity index (χ0v) is 5.91. The van der Waals surface area contributed by atoms with Crippen LogP contribution in [0, 0.1) is 6.07 Å². The summed E-state index contributed by atoms with van der Waals surface area (Å²) in [6.45, 7) is 0.559. The van der Waals surface area contributed by atoms with Gasteiger partial charge in [-0.15, -0.1) is 0 Å². The third-order valence-electron chi connectivity index (χ3n) is 1.49. The zero-order valence-electron chi connectivity index (χ0n) is 5.91. The first kappa shape index (κ1) is 6.28. The largest absolute Gasteiger partial charge is 0.493 e. The number of ether oxygens (including phenoxy) is 2. The molecular weight excluding hydrogens is 140 g/mol. The maximum Gasteiger partial charge on any atom is 0.133 e. The van der Waals surface area contributed by atoms with Crippen LogP contribution < -0.4 is 4.74 Å². The molecule has 0 amide bonds. The molecule has 1 radical (unpaired) electrons. The van der Waals surface area contributed by atoms with E-state index in [9.17, 15) is 0 Å². The van der Waals surface area contributed by atoms with E-state index in [0.717, 1.165) is 11.3 Å². The minimum Gasteiger partial charge on any atom is -0.493 e. The van der Waals surface area contributed by atoms with Crippen LogP contribution in [0.5, 0.6) is 5.75 Å². The third-order valence-corrected chi connectivity index (χ3v) is 1.49. The summed E-state index contributed by atoms with van der Waals surface area (Å²) < 4.78 is 10.3. The predicted octanol–water partition coefficient (Wildman–Crippen LogP) is 1.87. The van der Waals surface area contributed by atoms with Crippen molar-refractivity contribution in [1.29, 1.82) is 0 Å². The van der Waals surface area contributed by atoms with Gasteiger partial charge in [0.15, 0.2) is 0 Å². The van der Waals surface area contributed by atoms with Crippen LogP contribution in [0.2, 0.25) is 0 Å². The van der Waals surface area contributed by atoms with Gasteiger partial charge in [-0.05, 0) is 18.2 Å². The first-order valence-electron chi connectivity index (χ1n) is 3.39. The first-order valence-corrected chi connectivity index (χ1v) is 3.39. The van der Waals surface area contributed by atoms with Gasteiger partial charge in [0.25, 0.3) is 0 Å². The summed E-state index contributed by atoms with van der Waals surface area (Å²) in [4.78, 5) is 0. The second-order valence-corrected chi connectivity index (χ2v) is 2.23. The zero-order chi connectivity index (χ0) is 7.52. The Balaban J connectivity index is 2.40. The van der Waals surface area contributed by atoms with Crippen molar-refractivity contribution in [2.24, 2.45) is 0 Å². The molecule has 0 atom stereocenters. The van der Waals surface area contributed by atoms with E-state index in [1.165, 1.54) is 6.26 Å². The quantitative estimate of drug-likeness (QED) is 0.557. The number of rotatable bonds is 0. The molecule has 55 valence electrons. The molecule has 0 spiro atoms. The molecule has 1 heterocycles. The Hall–Kier alpha value is -1.44. The van der Waals surface area contributed by atoms with Crippen LogP contribution >= 0.6 is 0 Å². The summed E-state index contributed by atoms with van der Waals surface area (Å²) in [5.74, 6) is 0.845. The number of benzene rings is 1. The Bertz CT molecular complexity index is 279. The van der Waals surface area contributed by atoms with Crippen LogP contribution in [0.1, 0.15) is 5.56 Å². The number of hydrogen-bond acceptors (Lipinski definition) is 2. The lowest BCUT2D eigenvalue weighted by atomic mass is 10.2. The fourth-order valence-corrected chi connectivity index (χ4v) is 0.957. The average molecular weight is 147 g/mol. The lowest BCUT2D eigenvalue weighted by Gasteiger charge is -2.01. The van der Waals surface area contributed by atoms with E-state index in [4.69, 9.17) is 9.47 Å². The van der Waals surface area contributed by atoms with Gasteiger partial charge in [-0.1, -0.05) is 6.07 Å². The maximum absolute atomic E-state index is 5.22. The van der Waals surface area contributed by atoms with Gasteiger partial charge in [0.05, 0.1) is 0 Å². The van der Waals surface area contributed by atoms with Gasteiger partial charge in [-0.3, -0.25) is 0 Å². The minimum atomic E-state index is 0.559. The Morgan fingerprint density at radius 1 is 1.36 bits per heavy atom. The second-order valence-electron chi connectivity index (χ2n) is 2.23. The molecule has 0 unspecified atom stereocenters. The molecule has 0 saturated heterocycles. The van der Waals surface area contributed by atoms with Crippen molar-refractivity contribution < 1.29 is 9.47 Å². The summed E-state index contributed by atoms with van der Waals surface area (Å²) in [5.41, 5.74) is 1.03. The molecule has 1 aliphatic rings. The van der Waals surface area contributed by atoms with E-state index in [-0.39, 0.29) is 0 Å². The average Bonchev–Trinajstić information content (AvgIpc) is 2.28. The van der Waals surface area contributed by atoms with Gasteiger partial charge in [-0.25, -0.2) is 0 Å². The molecule has 0 bridgehead atoms. The molecular formula is C9H7O2. The van der Waals surface area contributed by atoms with Crippen molar-refractivity contribution in [3.63, 3.8) is 0 Å². The van der Waals surface area contributed by atoms with E-state index >= 15 is 0 Å². The summed E-state index contributed by atoms with van der Waals surface area (Å²) in [6, 6.07) is 8.51. The molecule has 1 aromatic carbocycles. The Morgan fingerprint density at radius 3 is 3.36 bits per heavy atom. The van der Waals surface area contributed by atoms with Crippen LogP contribution in [0.3, 0.4) is 0 Å². The fraction of sp³-hybridized carbons (Fsp3) is 0.111. The summed E-state index contributed by atoms with van der Waals surface area (Å²) >= 11 is 0. The smallest absolute Gasteiger partial charge is 0.133 e. The number of fused-ring (bicyclic) bond motifs is 1. The lowest BCUT2D eigenvalue weighted by Crippen LogP contribution is -1.87. The van der Waals surface area contributed by atoms with Crippen molar-refractivity contribution in [3.8, 4) is 5.75 Å². The Labute approximate surface area is 65.1 Å². The molecule has 1 aliphatic heterocycles. The SMILES string of the molecule is [c]1ccc2c(c1)COC=CO2. The molecule has 2 rings (SSSR count). The highest BCUT2D eigenvalue weighted by atomic mass is 16.5. The van der Waals surface area contributed by atoms with Gasteiger partial charge >= 0.3 is 0 Å². The fourth-order valence-electron chi connectivity index (χ4n) is 0.957. The molecule has 1 aromatic rings. The van der Waals surface area contributed by atoms with E-state index in [1.54, 1.807) is 6.26 Å². The van der Waals surface area contributed by atoms with Crippen molar-refractivity contribution in [3.05, 3.63) is 42.4 Å². The van der Waals surface area contributed by atoms with Gasteiger partial charge < -0.3 is 9.47 Å². The van der Waals surface area contributed by atoms with Crippen molar-refractivity contribution >= 4 is 0 Å². The van der Waals surface area contributed by atoms with Crippen LogP contribution in [0.25, 0.3) is 0 Å². The molecule has 2 nitrogen and oxygen atoms in total. The molecule has 0 saturated carbocycles. The van der Waals surface area contributed by atoms with Gasteiger partial charge in [0, 0.05) is 5.56 Å². The highest BCUT2D eigenvalue weighted by molar-refractivity contribution is 5.33. The molecule has 2 heteroatoms. The van der Waals surface area contributed by atoms with Crippen LogP contribution in [0.15, 0.2) is 30.7 Å². The predicted molar refractivity (Wildman–Crippen MR) is 39.8 cm³/mol.